The zero-order valence-corrected chi connectivity index (χ0v) is 13.6. The Morgan fingerprint density at radius 1 is 1.16 bits per heavy atom. The molecule has 2 rings (SSSR count). The van der Waals surface area contributed by atoms with E-state index in [-0.39, 0.29) is 5.04 Å². The number of nitrogens with one attached hydrogen (secondary N) is 1. The van der Waals surface area contributed by atoms with Crippen LogP contribution in [-0.2, 0) is 4.74 Å². The van der Waals surface area contributed by atoms with E-state index in [2.05, 4.69) is 63.4 Å². The topological polar surface area (TPSA) is 30.5 Å². The molecule has 1 aliphatic heterocycles. The average molecular weight is 279 g/mol. The molecule has 106 valence electrons. The van der Waals surface area contributed by atoms with Gasteiger partial charge in [0, 0.05) is 5.69 Å². The number of ether oxygens (including phenoxy) is 1. The van der Waals surface area contributed by atoms with Crippen molar-refractivity contribution in [2.45, 2.75) is 44.9 Å². The minimum Gasteiger partial charge on any atom is -0.544 e. The summed E-state index contributed by atoms with van der Waals surface area (Å²) >= 11 is 0. The molecule has 3 nitrogen and oxygen atoms in total. The summed E-state index contributed by atoms with van der Waals surface area (Å²) in [5.41, 5.74) is 1.14. The van der Waals surface area contributed by atoms with E-state index in [9.17, 15) is 0 Å². The van der Waals surface area contributed by atoms with Crippen molar-refractivity contribution in [1.82, 2.24) is 0 Å². The van der Waals surface area contributed by atoms with Crippen LogP contribution in [0.15, 0.2) is 24.3 Å². The monoisotopic (exact) mass is 279 g/mol. The molecular formula is C15H25NO2Si. The summed E-state index contributed by atoms with van der Waals surface area (Å²) in [7, 11) is -1.73. The summed E-state index contributed by atoms with van der Waals surface area (Å²) in [4.78, 5) is 0. The van der Waals surface area contributed by atoms with Crippen LogP contribution in [0.2, 0.25) is 18.1 Å². The van der Waals surface area contributed by atoms with Gasteiger partial charge in [0.2, 0.25) is 8.32 Å². The summed E-state index contributed by atoms with van der Waals surface area (Å²) in [6.45, 7) is 12.9. The van der Waals surface area contributed by atoms with Gasteiger partial charge in [0.1, 0.15) is 5.75 Å². The lowest BCUT2D eigenvalue weighted by molar-refractivity contribution is 0.0211. The predicted octanol–water partition coefficient (Wildman–Crippen LogP) is 3.88. The van der Waals surface area contributed by atoms with Crippen molar-refractivity contribution in [2.24, 2.45) is 0 Å². The van der Waals surface area contributed by atoms with Crippen LogP contribution >= 0.6 is 0 Å². The Hall–Kier alpha value is -1.00. The number of hydrogen-bond donors (Lipinski definition) is 1. The third-order valence-electron chi connectivity index (χ3n) is 4.04. The van der Waals surface area contributed by atoms with Crippen molar-refractivity contribution in [2.75, 3.05) is 18.5 Å². The first kappa shape index (κ1) is 14.4. The fourth-order valence-electron chi connectivity index (χ4n) is 1.62. The van der Waals surface area contributed by atoms with Crippen molar-refractivity contribution in [3.05, 3.63) is 24.3 Å². The minimum absolute atomic E-state index is 0.229. The highest BCUT2D eigenvalue weighted by Gasteiger charge is 2.38. The molecule has 1 aromatic carbocycles. The van der Waals surface area contributed by atoms with E-state index in [0.29, 0.717) is 6.04 Å². The number of anilines is 1. The highest BCUT2D eigenvalue weighted by Crippen LogP contribution is 2.37. The highest BCUT2D eigenvalue weighted by molar-refractivity contribution is 6.74. The van der Waals surface area contributed by atoms with Crippen molar-refractivity contribution in [1.29, 1.82) is 0 Å². The summed E-state index contributed by atoms with van der Waals surface area (Å²) in [5, 5.41) is 3.66. The maximum absolute atomic E-state index is 6.25. The van der Waals surface area contributed by atoms with Crippen LogP contribution < -0.4 is 9.74 Å². The van der Waals surface area contributed by atoms with Gasteiger partial charge in [-0.3, -0.25) is 0 Å². The van der Waals surface area contributed by atoms with Crippen LogP contribution in [-0.4, -0.2) is 27.6 Å². The van der Waals surface area contributed by atoms with Crippen molar-refractivity contribution in [3.63, 3.8) is 0 Å². The lowest BCUT2D eigenvalue weighted by Gasteiger charge is -2.36. The van der Waals surface area contributed by atoms with Crippen LogP contribution in [0.1, 0.15) is 20.8 Å². The zero-order chi connectivity index (χ0) is 14.1. The van der Waals surface area contributed by atoms with E-state index in [0.717, 1.165) is 24.7 Å². The molecule has 19 heavy (non-hydrogen) atoms. The van der Waals surface area contributed by atoms with Gasteiger partial charge < -0.3 is 14.5 Å². The second-order valence-corrected chi connectivity index (χ2v) is 11.5. The zero-order valence-electron chi connectivity index (χ0n) is 12.6. The fourth-order valence-corrected chi connectivity index (χ4v) is 2.65. The van der Waals surface area contributed by atoms with Gasteiger partial charge in [0.05, 0.1) is 19.3 Å². The second kappa shape index (κ2) is 5.17. The predicted molar refractivity (Wildman–Crippen MR) is 82.5 cm³/mol. The maximum atomic E-state index is 6.25. The smallest absolute Gasteiger partial charge is 0.250 e. The molecule has 0 radical (unpaired) electrons. The molecule has 0 spiro atoms. The Morgan fingerprint density at radius 2 is 1.74 bits per heavy atom. The first-order valence-corrected chi connectivity index (χ1v) is 9.82. The lowest BCUT2D eigenvalue weighted by atomic mass is 10.2. The molecule has 1 N–H and O–H groups in total. The number of rotatable bonds is 4. The molecule has 0 unspecified atom stereocenters. The quantitative estimate of drug-likeness (QED) is 0.848. The average Bonchev–Trinajstić information content (AvgIpc) is 2.23. The van der Waals surface area contributed by atoms with Crippen LogP contribution in [0, 0.1) is 0 Å². The van der Waals surface area contributed by atoms with Gasteiger partial charge in [-0.25, -0.2) is 0 Å². The molecule has 0 aliphatic carbocycles. The fraction of sp³-hybridized carbons (Fsp3) is 0.600. The largest absolute Gasteiger partial charge is 0.544 e. The molecule has 0 aromatic heterocycles. The second-order valence-electron chi connectivity index (χ2n) is 6.77. The Balaban J connectivity index is 1.98. The standard InChI is InChI=1S/C15H25NO2Si/c1-15(2,3)19(4,5)18-14-8-6-12(7-9-14)16-13-10-17-11-13/h6-9,13,16H,10-11H2,1-5H3. The van der Waals surface area contributed by atoms with E-state index in [1.807, 2.05) is 0 Å². The Bertz CT molecular complexity index is 419. The van der Waals surface area contributed by atoms with Crippen LogP contribution in [0.25, 0.3) is 0 Å². The molecule has 0 amide bonds. The van der Waals surface area contributed by atoms with E-state index >= 15 is 0 Å². The normalized spacial score (nSPS) is 16.9. The first-order chi connectivity index (χ1) is 8.78. The Kier molecular flexibility index (Phi) is 3.92. The van der Waals surface area contributed by atoms with Crippen LogP contribution in [0.3, 0.4) is 0 Å². The van der Waals surface area contributed by atoms with Gasteiger partial charge in [0.25, 0.3) is 0 Å². The maximum Gasteiger partial charge on any atom is 0.250 e. The van der Waals surface area contributed by atoms with E-state index in [4.69, 9.17) is 9.16 Å². The van der Waals surface area contributed by atoms with Gasteiger partial charge in [-0.05, 0) is 42.4 Å². The van der Waals surface area contributed by atoms with E-state index in [1.165, 1.54) is 0 Å². The van der Waals surface area contributed by atoms with Crippen LogP contribution in [0.5, 0.6) is 5.75 Å². The highest BCUT2D eigenvalue weighted by atomic mass is 28.4. The van der Waals surface area contributed by atoms with Crippen molar-refractivity contribution < 1.29 is 9.16 Å². The molecule has 1 aromatic rings. The van der Waals surface area contributed by atoms with Gasteiger partial charge >= 0.3 is 0 Å². The molecular weight excluding hydrogens is 254 g/mol. The SMILES string of the molecule is CC(C)(C)[Si](C)(C)Oc1ccc(NC2COC2)cc1. The third-order valence-corrected chi connectivity index (χ3v) is 8.40. The molecule has 0 bridgehead atoms. The number of benzene rings is 1. The molecule has 1 saturated heterocycles. The van der Waals surface area contributed by atoms with Crippen LogP contribution in [0.4, 0.5) is 5.69 Å². The van der Waals surface area contributed by atoms with Crippen molar-refractivity contribution in [3.8, 4) is 5.75 Å². The van der Waals surface area contributed by atoms with Gasteiger partial charge in [-0.15, -0.1) is 0 Å². The molecule has 4 heteroatoms. The molecule has 0 atom stereocenters. The van der Waals surface area contributed by atoms with E-state index in [1.54, 1.807) is 0 Å². The lowest BCUT2D eigenvalue weighted by Crippen LogP contribution is -2.43. The third kappa shape index (κ3) is 3.51. The summed E-state index contributed by atoms with van der Waals surface area (Å²) in [5.74, 6) is 0.974. The van der Waals surface area contributed by atoms with Gasteiger partial charge in [-0.1, -0.05) is 20.8 Å². The molecule has 1 heterocycles. The first-order valence-electron chi connectivity index (χ1n) is 6.91. The molecule has 1 fully saturated rings. The van der Waals surface area contributed by atoms with Crippen molar-refractivity contribution >= 4 is 14.0 Å². The molecule has 1 aliphatic rings. The minimum atomic E-state index is -1.73. The van der Waals surface area contributed by atoms with Gasteiger partial charge in [0.15, 0.2) is 0 Å². The summed E-state index contributed by atoms with van der Waals surface area (Å²) in [6.07, 6.45) is 0. The Morgan fingerprint density at radius 3 is 2.16 bits per heavy atom. The van der Waals surface area contributed by atoms with E-state index < -0.39 is 8.32 Å². The molecule has 0 saturated carbocycles. The summed E-state index contributed by atoms with van der Waals surface area (Å²) in [6, 6.07) is 8.75. The van der Waals surface area contributed by atoms with Gasteiger partial charge in [-0.2, -0.15) is 0 Å². The summed E-state index contributed by atoms with van der Waals surface area (Å²) < 4.78 is 11.4. The Labute approximate surface area is 117 Å². The number of hydrogen-bond acceptors (Lipinski definition) is 3.